The van der Waals surface area contributed by atoms with Gasteiger partial charge in [-0.25, -0.2) is 4.79 Å². The van der Waals surface area contributed by atoms with Gasteiger partial charge in [0.05, 0.1) is 17.1 Å². The summed E-state index contributed by atoms with van der Waals surface area (Å²) in [4.78, 5) is 31.8. The summed E-state index contributed by atoms with van der Waals surface area (Å²) in [7, 11) is 0. The molecule has 144 valence electrons. The smallest absolute Gasteiger partial charge is 0.319 e. The number of nitrogens with one attached hydrogen (secondary N) is 2. The highest BCUT2D eigenvalue weighted by molar-refractivity contribution is 7.15. The maximum Gasteiger partial charge on any atom is 0.319 e. The molecule has 1 fully saturated rings. The number of nitrogens with zero attached hydrogens (tertiary/aromatic N) is 2. The van der Waals surface area contributed by atoms with E-state index in [9.17, 15) is 9.59 Å². The van der Waals surface area contributed by atoms with E-state index >= 15 is 0 Å². The summed E-state index contributed by atoms with van der Waals surface area (Å²) >= 11 is 1.63. The zero-order valence-corrected chi connectivity index (χ0v) is 16.3. The van der Waals surface area contributed by atoms with Crippen molar-refractivity contribution < 1.29 is 14.7 Å². The Morgan fingerprint density at radius 1 is 1.33 bits per heavy atom. The topological polar surface area (TPSA) is 94.6 Å². The first-order chi connectivity index (χ1) is 13.0. The molecule has 0 spiro atoms. The third-order valence-electron chi connectivity index (χ3n) is 4.74. The van der Waals surface area contributed by atoms with Gasteiger partial charge in [0.1, 0.15) is 5.69 Å². The SMILES string of the molecule is CCN(CC(=O)O)C1CC(NC(=O)Nc2cccnc2-c2ccc(C)s2)C1. The highest BCUT2D eigenvalue weighted by atomic mass is 32.1. The number of carboxylic acids is 1. The van der Waals surface area contributed by atoms with E-state index in [0.717, 1.165) is 23.4 Å². The molecule has 0 aromatic carbocycles. The van der Waals surface area contributed by atoms with Crippen molar-refractivity contribution in [2.24, 2.45) is 0 Å². The van der Waals surface area contributed by atoms with Crippen molar-refractivity contribution in [2.75, 3.05) is 18.4 Å². The van der Waals surface area contributed by atoms with Crippen molar-refractivity contribution in [3.05, 3.63) is 35.3 Å². The van der Waals surface area contributed by atoms with Gasteiger partial charge in [0.25, 0.3) is 0 Å². The van der Waals surface area contributed by atoms with Crippen LogP contribution in [0.1, 0.15) is 24.6 Å². The van der Waals surface area contributed by atoms with Crippen LogP contribution in [0.4, 0.5) is 10.5 Å². The maximum absolute atomic E-state index is 12.4. The molecular weight excluding hydrogens is 364 g/mol. The van der Waals surface area contributed by atoms with E-state index in [2.05, 4.69) is 15.6 Å². The second-order valence-corrected chi connectivity index (χ2v) is 7.98. The number of urea groups is 1. The van der Waals surface area contributed by atoms with Gasteiger partial charge >= 0.3 is 12.0 Å². The summed E-state index contributed by atoms with van der Waals surface area (Å²) in [6, 6.07) is 7.67. The number of anilines is 1. The molecule has 2 aromatic rings. The summed E-state index contributed by atoms with van der Waals surface area (Å²) in [6.07, 6.45) is 3.24. The molecule has 0 aliphatic heterocycles. The third-order valence-corrected chi connectivity index (χ3v) is 5.75. The second kappa shape index (κ2) is 8.49. The molecule has 3 N–H and O–H groups in total. The van der Waals surface area contributed by atoms with Crippen molar-refractivity contribution in [3.8, 4) is 10.6 Å². The van der Waals surface area contributed by atoms with Gasteiger partial charge < -0.3 is 15.7 Å². The summed E-state index contributed by atoms with van der Waals surface area (Å²) in [6.45, 7) is 4.72. The summed E-state index contributed by atoms with van der Waals surface area (Å²) in [5.74, 6) is -0.820. The Kier molecular flexibility index (Phi) is 6.08. The standard InChI is InChI=1S/C19H24N4O3S/c1-3-23(11-17(24)25)14-9-13(10-14)21-19(26)22-15-5-4-8-20-18(15)16-7-6-12(2)27-16/h4-8,13-14H,3,9-11H2,1-2H3,(H,24,25)(H2,21,22,26). The van der Waals surface area contributed by atoms with E-state index in [4.69, 9.17) is 5.11 Å². The summed E-state index contributed by atoms with van der Waals surface area (Å²) < 4.78 is 0. The van der Waals surface area contributed by atoms with Crippen LogP contribution in [0.25, 0.3) is 10.6 Å². The Bertz CT molecular complexity index is 817. The molecule has 0 radical (unpaired) electrons. The van der Waals surface area contributed by atoms with E-state index < -0.39 is 5.97 Å². The number of likely N-dealkylation sites (N-methyl/N-ethyl adjacent to an activating group) is 1. The van der Waals surface area contributed by atoms with Crippen molar-refractivity contribution in [3.63, 3.8) is 0 Å². The van der Waals surface area contributed by atoms with Gasteiger partial charge in [-0.1, -0.05) is 6.92 Å². The average molecular weight is 388 g/mol. The molecule has 1 aliphatic rings. The third kappa shape index (κ3) is 4.84. The molecule has 2 aromatic heterocycles. The normalized spacial score (nSPS) is 18.8. The Balaban J connectivity index is 1.55. The van der Waals surface area contributed by atoms with Crippen LogP contribution < -0.4 is 10.6 Å². The van der Waals surface area contributed by atoms with Gasteiger partial charge in [-0.3, -0.25) is 14.7 Å². The molecule has 27 heavy (non-hydrogen) atoms. The van der Waals surface area contributed by atoms with Gasteiger partial charge in [0.15, 0.2) is 0 Å². The highest BCUT2D eigenvalue weighted by Gasteiger charge is 2.34. The number of hydrogen-bond acceptors (Lipinski definition) is 5. The molecule has 8 heteroatoms. The Hall–Kier alpha value is -2.45. The average Bonchev–Trinajstić information content (AvgIpc) is 3.02. The number of aryl methyl sites for hydroxylation is 1. The van der Waals surface area contributed by atoms with Gasteiger partial charge in [0.2, 0.25) is 0 Å². The van der Waals surface area contributed by atoms with Gasteiger partial charge in [-0.05, 0) is 50.6 Å². The lowest BCUT2D eigenvalue weighted by atomic mass is 9.85. The molecule has 0 unspecified atom stereocenters. The molecular formula is C19H24N4O3S. The first-order valence-electron chi connectivity index (χ1n) is 9.01. The van der Waals surface area contributed by atoms with Crippen LogP contribution in [0.5, 0.6) is 0 Å². The summed E-state index contributed by atoms with van der Waals surface area (Å²) in [5.41, 5.74) is 1.43. The minimum Gasteiger partial charge on any atom is -0.480 e. The number of carbonyl (C=O) groups is 2. The predicted octanol–water partition coefficient (Wildman–Crippen LogP) is 3.18. The number of aromatic nitrogens is 1. The number of aliphatic carboxylic acids is 1. The van der Waals surface area contributed by atoms with Gasteiger partial charge in [-0.2, -0.15) is 0 Å². The van der Waals surface area contributed by atoms with Crippen molar-refractivity contribution in [1.82, 2.24) is 15.2 Å². The van der Waals surface area contributed by atoms with Crippen LogP contribution in [0.3, 0.4) is 0 Å². The number of rotatable bonds is 7. The number of pyridine rings is 1. The highest BCUT2D eigenvalue weighted by Crippen LogP contribution is 2.31. The number of carboxylic acid groups (broad SMARTS) is 1. The zero-order chi connectivity index (χ0) is 19.4. The van der Waals surface area contributed by atoms with Crippen LogP contribution >= 0.6 is 11.3 Å². The molecule has 1 saturated carbocycles. The zero-order valence-electron chi connectivity index (χ0n) is 15.4. The van der Waals surface area contributed by atoms with Gasteiger partial charge in [0, 0.05) is 23.2 Å². The number of hydrogen-bond donors (Lipinski definition) is 3. The molecule has 1 aliphatic carbocycles. The van der Waals surface area contributed by atoms with E-state index in [-0.39, 0.29) is 24.7 Å². The molecule has 0 saturated heterocycles. The van der Waals surface area contributed by atoms with Crippen LogP contribution in [0, 0.1) is 6.92 Å². The molecule has 0 bridgehead atoms. The van der Waals surface area contributed by atoms with Crippen molar-refractivity contribution in [1.29, 1.82) is 0 Å². The predicted molar refractivity (Wildman–Crippen MR) is 106 cm³/mol. The van der Waals surface area contributed by atoms with Crippen LogP contribution in [0.2, 0.25) is 0 Å². The first-order valence-corrected chi connectivity index (χ1v) is 9.83. The quantitative estimate of drug-likeness (QED) is 0.677. The monoisotopic (exact) mass is 388 g/mol. The fraction of sp³-hybridized carbons (Fsp3) is 0.421. The van der Waals surface area contributed by atoms with E-state index in [1.807, 2.05) is 36.9 Å². The lowest BCUT2D eigenvalue weighted by Crippen LogP contribution is -2.55. The van der Waals surface area contributed by atoms with Crippen molar-refractivity contribution in [2.45, 2.75) is 38.8 Å². The Morgan fingerprint density at radius 2 is 2.11 bits per heavy atom. The van der Waals surface area contributed by atoms with E-state index in [1.54, 1.807) is 23.6 Å². The summed E-state index contributed by atoms with van der Waals surface area (Å²) in [5, 5.41) is 14.8. The fourth-order valence-corrected chi connectivity index (χ4v) is 4.16. The second-order valence-electron chi connectivity index (χ2n) is 6.69. The molecule has 2 amide bonds. The Labute approximate surface area is 162 Å². The maximum atomic E-state index is 12.4. The van der Waals surface area contributed by atoms with Gasteiger partial charge in [-0.15, -0.1) is 11.3 Å². The lowest BCUT2D eigenvalue weighted by molar-refractivity contribution is -0.139. The number of thiophene rings is 1. The Morgan fingerprint density at radius 3 is 2.74 bits per heavy atom. The number of amides is 2. The largest absolute Gasteiger partial charge is 0.480 e. The van der Waals surface area contributed by atoms with Crippen LogP contribution in [0.15, 0.2) is 30.5 Å². The molecule has 0 atom stereocenters. The van der Waals surface area contributed by atoms with Crippen LogP contribution in [-0.2, 0) is 4.79 Å². The van der Waals surface area contributed by atoms with E-state index in [0.29, 0.717) is 12.2 Å². The van der Waals surface area contributed by atoms with Crippen LogP contribution in [-0.4, -0.2) is 52.2 Å². The fourth-order valence-electron chi connectivity index (χ4n) is 3.28. The molecule has 2 heterocycles. The minimum atomic E-state index is -0.820. The van der Waals surface area contributed by atoms with E-state index in [1.165, 1.54) is 4.88 Å². The minimum absolute atomic E-state index is 0.0410. The molecule has 3 rings (SSSR count). The first kappa shape index (κ1) is 19.3. The number of carbonyl (C=O) groups excluding carboxylic acids is 1. The van der Waals surface area contributed by atoms with Crippen molar-refractivity contribution >= 4 is 29.0 Å². The molecule has 7 nitrogen and oxygen atoms in total. The lowest BCUT2D eigenvalue weighted by Gasteiger charge is -2.42.